The van der Waals surface area contributed by atoms with Crippen LogP contribution in [0.25, 0.3) is 10.9 Å². The molecule has 0 bridgehead atoms. The highest BCUT2D eigenvalue weighted by Gasteiger charge is 2.26. The van der Waals surface area contributed by atoms with Crippen molar-refractivity contribution in [2.24, 2.45) is 0 Å². The van der Waals surface area contributed by atoms with E-state index in [1.54, 1.807) is 30.3 Å². The number of nitrogens with zero attached hydrogens (tertiary/aromatic N) is 2. The van der Waals surface area contributed by atoms with E-state index in [0.29, 0.717) is 30.9 Å². The van der Waals surface area contributed by atoms with Gasteiger partial charge in [0, 0.05) is 31.4 Å². The van der Waals surface area contributed by atoms with E-state index in [2.05, 4.69) is 5.32 Å². The molecule has 152 valence electrons. The number of carbonyl (C=O) groups is 1. The van der Waals surface area contributed by atoms with Crippen LogP contribution in [0.3, 0.4) is 0 Å². The van der Waals surface area contributed by atoms with Gasteiger partial charge in [-0.2, -0.15) is 0 Å². The number of aromatic nitrogens is 1. The maximum absolute atomic E-state index is 13.5. The highest BCUT2D eigenvalue weighted by Crippen LogP contribution is 2.26. The van der Waals surface area contributed by atoms with Gasteiger partial charge in [0.25, 0.3) is 0 Å². The molecule has 0 saturated carbocycles. The van der Waals surface area contributed by atoms with Crippen LogP contribution in [0.1, 0.15) is 19.3 Å². The number of halogens is 1. The number of carbonyl (C=O) groups excluding carboxylic acids is 1. The average molecular weight is 415 g/mol. The Morgan fingerprint density at radius 1 is 1.10 bits per heavy atom. The van der Waals surface area contributed by atoms with Crippen molar-refractivity contribution in [3.63, 3.8) is 0 Å². The zero-order chi connectivity index (χ0) is 20.4. The molecule has 2 aromatic carbocycles. The molecule has 0 atom stereocenters. The fourth-order valence-corrected chi connectivity index (χ4v) is 5.25. The first-order valence-corrected chi connectivity index (χ1v) is 11.2. The summed E-state index contributed by atoms with van der Waals surface area (Å²) < 4.78 is 41.3. The number of hydrogen-bond acceptors (Lipinski definition) is 3. The van der Waals surface area contributed by atoms with E-state index in [0.717, 1.165) is 17.3 Å². The van der Waals surface area contributed by atoms with Gasteiger partial charge in [0.05, 0.1) is 17.0 Å². The van der Waals surface area contributed by atoms with E-state index in [-0.39, 0.29) is 23.9 Å². The summed E-state index contributed by atoms with van der Waals surface area (Å²) in [6.07, 6.45) is 3.54. The minimum absolute atomic E-state index is 0.148. The van der Waals surface area contributed by atoms with Crippen molar-refractivity contribution in [3.05, 3.63) is 60.5 Å². The van der Waals surface area contributed by atoms with E-state index in [4.69, 9.17) is 0 Å². The molecule has 2 heterocycles. The molecule has 3 aromatic rings. The lowest BCUT2D eigenvalue weighted by Crippen LogP contribution is -2.37. The normalized spacial score (nSPS) is 16.1. The van der Waals surface area contributed by atoms with E-state index < -0.39 is 10.0 Å². The first-order chi connectivity index (χ1) is 13.9. The monoisotopic (exact) mass is 415 g/mol. The number of benzene rings is 2. The van der Waals surface area contributed by atoms with Crippen molar-refractivity contribution < 1.29 is 17.6 Å². The molecule has 8 heteroatoms. The molecule has 1 amide bonds. The van der Waals surface area contributed by atoms with Crippen LogP contribution < -0.4 is 9.62 Å². The quantitative estimate of drug-likeness (QED) is 0.690. The van der Waals surface area contributed by atoms with Crippen LogP contribution in [0.4, 0.5) is 15.8 Å². The molecule has 1 aliphatic heterocycles. The van der Waals surface area contributed by atoms with Gasteiger partial charge in [-0.3, -0.25) is 9.10 Å². The van der Waals surface area contributed by atoms with E-state index in [9.17, 15) is 17.6 Å². The first kappa shape index (κ1) is 19.4. The summed E-state index contributed by atoms with van der Waals surface area (Å²) in [5, 5.41) is 3.74. The summed E-state index contributed by atoms with van der Waals surface area (Å²) in [5.41, 5.74) is 1.86. The molecule has 1 N–H and O–H groups in total. The highest BCUT2D eigenvalue weighted by atomic mass is 32.2. The van der Waals surface area contributed by atoms with Crippen molar-refractivity contribution in [3.8, 4) is 0 Å². The minimum atomic E-state index is -3.30. The number of nitrogens with one attached hydrogen (secondary N) is 1. The van der Waals surface area contributed by atoms with Gasteiger partial charge in [-0.25, -0.2) is 12.8 Å². The summed E-state index contributed by atoms with van der Waals surface area (Å²) in [7, 11) is -3.30. The molecular formula is C21H22FN3O3S. The third-order valence-corrected chi connectivity index (χ3v) is 6.95. The van der Waals surface area contributed by atoms with Crippen LogP contribution in [0, 0.1) is 5.82 Å². The van der Waals surface area contributed by atoms with Gasteiger partial charge < -0.3 is 9.88 Å². The lowest BCUT2D eigenvalue weighted by molar-refractivity contribution is -0.116. The summed E-state index contributed by atoms with van der Waals surface area (Å²) in [6.45, 7) is 0.871. The number of sulfonamides is 1. The van der Waals surface area contributed by atoms with Gasteiger partial charge in [0.15, 0.2) is 0 Å². The molecular weight excluding hydrogens is 393 g/mol. The molecule has 0 spiro atoms. The van der Waals surface area contributed by atoms with Crippen molar-refractivity contribution in [1.29, 1.82) is 0 Å². The van der Waals surface area contributed by atoms with Crippen molar-refractivity contribution in [1.82, 2.24) is 4.57 Å². The Bertz CT molecular complexity index is 1160. The summed E-state index contributed by atoms with van der Waals surface area (Å²) >= 11 is 0. The van der Waals surface area contributed by atoms with Gasteiger partial charge in [0.1, 0.15) is 5.82 Å². The second-order valence-electron chi connectivity index (χ2n) is 7.16. The lowest BCUT2D eigenvalue weighted by Gasteiger charge is -2.28. The van der Waals surface area contributed by atoms with Crippen LogP contribution in [-0.2, 0) is 21.4 Å². The van der Waals surface area contributed by atoms with Crippen molar-refractivity contribution in [2.75, 3.05) is 21.9 Å². The Morgan fingerprint density at radius 2 is 1.97 bits per heavy atom. The third-order valence-electron chi connectivity index (χ3n) is 5.08. The van der Waals surface area contributed by atoms with E-state index in [1.165, 1.54) is 16.4 Å². The number of hydrogen-bond donors (Lipinski definition) is 1. The molecule has 1 fully saturated rings. The maximum atomic E-state index is 13.5. The smallest absolute Gasteiger partial charge is 0.235 e. The second kappa shape index (κ2) is 7.87. The van der Waals surface area contributed by atoms with Crippen LogP contribution >= 0.6 is 0 Å². The molecule has 0 aliphatic carbocycles. The molecule has 0 radical (unpaired) electrons. The topological polar surface area (TPSA) is 71.4 Å². The SMILES string of the molecule is O=C(CCn1ccc2ccc(F)cc21)Nc1cccc(N2CCCCS2(=O)=O)c1. The van der Waals surface area contributed by atoms with Crippen LogP contribution in [0.15, 0.2) is 54.7 Å². The number of anilines is 2. The predicted molar refractivity (Wildman–Crippen MR) is 112 cm³/mol. The molecule has 1 aliphatic rings. The standard InChI is InChI=1S/C21H22FN3O3S/c22-17-7-6-16-8-11-24(20(16)14-17)12-9-21(26)23-18-4-3-5-19(15-18)25-10-1-2-13-29(25,27)28/h3-8,11,14-15H,1-2,9-10,12-13H2,(H,23,26). The molecule has 1 aromatic heterocycles. The van der Waals surface area contributed by atoms with Gasteiger partial charge in [-0.05, 0) is 60.7 Å². The van der Waals surface area contributed by atoms with Gasteiger partial charge in [0.2, 0.25) is 15.9 Å². The molecule has 0 unspecified atom stereocenters. The van der Waals surface area contributed by atoms with E-state index >= 15 is 0 Å². The van der Waals surface area contributed by atoms with Crippen LogP contribution in [-0.4, -0.2) is 31.2 Å². The second-order valence-corrected chi connectivity index (χ2v) is 9.17. The highest BCUT2D eigenvalue weighted by molar-refractivity contribution is 7.92. The average Bonchev–Trinajstić information content (AvgIpc) is 3.08. The Labute approximate surface area is 169 Å². The van der Waals surface area contributed by atoms with E-state index in [1.807, 2.05) is 16.8 Å². The summed E-state index contributed by atoms with van der Waals surface area (Å²) in [5.74, 6) is -0.358. The third kappa shape index (κ3) is 4.27. The lowest BCUT2D eigenvalue weighted by atomic mass is 10.2. The zero-order valence-corrected chi connectivity index (χ0v) is 16.7. The molecule has 4 rings (SSSR count). The Morgan fingerprint density at radius 3 is 2.79 bits per heavy atom. The Hall–Kier alpha value is -2.87. The maximum Gasteiger partial charge on any atom is 0.235 e. The Balaban J connectivity index is 1.43. The molecule has 6 nitrogen and oxygen atoms in total. The first-order valence-electron chi connectivity index (χ1n) is 9.57. The summed E-state index contributed by atoms with van der Waals surface area (Å²) in [4.78, 5) is 12.4. The number of amides is 1. The fraction of sp³-hybridized carbons (Fsp3) is 0.286. The number of fused-ring (bicyclic) bond motifs is 1. The van der Waals surface area contributed by atoms with Crippen LogP contribution in [0.2, 0.25) is 0 Å². The predicted octanol–water partition coefficient (Wildman–Crippen LogP) is 3.74. The van der Waals surface area contributed by atoms with Crippen LogP contribution in [0.5, 0.6) is 0 Å². The number of aryl methyl sites for hydroxylation is 1. The summed E-state index contributed by atoms with van der Waals surface area (Å²) in [6, 6.07) is 13.3. The zero-order valence-electron chi connectivity index (χ0n) is 15.8. The molecule has 1 saturated heterocycles. The number of rotatable bonds is 5. The van der Waals surface area contributed by atoms with Crippen molar-refractivity contribution in [2.45, 2.75) is 25.8 Å². The largest absolute Gasteiger partial charge is 0.347 e. The van der Waals surface area contributed by atoms with Gasteiger partial charge in [-0.15, -0.1) is 0 Å². The van der Waals surface area contributed by atoms with Gasteiger partial charge >= 0.3 is 0 Å². The Kier molecular flexibility index (Phi) is 5.27. The molecule has 29 heavy (non-hydrogen) atoms. The van der Waals surface area contributed by atoms with Crippen molar-refractivity contribution >= 4 is 38.2 Å². The van der Waals surface area contributed by atoms with Gasteiger partial charge in [-0.1, -0.05) is 6.07 Å². The minimum Gasteiger partial charge on any atom is -0.347 e. The fourth-order valence-electron chi connectivity index (χ4n) is 3.62.